The van der Waals surface area contributed by atoms with Crippen LogP contribution in [0.5, 0.6) is 0 Å². The van der Waals surface area contributed by atoms with E-state index < -0.39 is 11.7 Å². The van der Waals surface area contributed by atoms with Gasteiger partial charge in [0.15, 0.2) is 0 Å². The van der Waals surface area contributed by atoms with Crippen LogP contribution in [0.4, 0.5) is 0 Å². The molecule has 192 valence electrons. The molecule has 3 saturated carbocycles. The Morgan fingerprint density at radius 3 is 2.41 bits per heavy atom. The molecule has 4 nitrogen and oxygen atoms in total. The first-order chi connectivity index (χ1) is 15.8. The highest BCUT2D eigenvalue weighted by Gasteiger charge is 2.65. The van der Waals surface area contributed by atoms with Gasteiger partial charge in [-0.25, -0.2) is 0 Å². The van der Waals surface area contributed by atoms with E-state index in [4.69, 9.17) is 4.74 Å². The Hall–Kier alpha value is -1.13. The molecular formula is C30H48O4. The molecule has 4 rings (SSSR count). The van der Waals surface area contributed by atoms with Gasteiger partial charge in [-0.1, -0.05) is 65.3 Å². The van der Waals surface area contributed by atoms with Crippen LogP contribution in [0.15, 0.2) is 23.8 Å². The number of fused-ring (bicyclic) bond motifs is 5. The molecule has 4 aliphatic rings. The summed E-state index contributed by atoms with van der Waals surface area (Å²) in [5.41, 5.74) is 0.0285. The van der Waals surface area contributed by atoms with Crippen LogP contribution in [0.2, 0.25) is 0 Å². The summed E-state index contributed by atoms with van der Waals surface area (Å²) in [5.74, 6) is 2.93. The number of aliphatic hydroxyl groups is 2. The molecule has 4 aliphatic carbocycles. The maximum atomic E-state index is 11.9. The number of esters is 1. The summed E-state index contributed by atoms with van der Waals surface area (Å²) in [6.45, 7) is 15.4. The molecule has 2 N–H and O–H groups in total. The van der Waals surface area contributed by atoms with Crippen LogP contribution in [0, 0.1) is 46.3 Å². The highest BCUT2D eigenvalue weighted by molar-refractivity contribution is 5.66. The van der Waals surface area contributed by atoms with Gasteiger partial charge in [0.05, 0.1) is 0 Å². The lowest BCUT2D eigenvalue weighted by Gasteiger charge is -2.62. The van der Waals surface area contributed by atoms with Gasteiger partial charge in [-0.15, -0.1) is 0 Å². The smallest absolute Gasteiger partial charge is 0.302 e. The molecule has 3 fully saturated rings. The third-order valence-corrected chi connectivity index (χ3v) is 11.0. The molecule has 0 bridgehead atoms. The predicted molar refractivity (Wildman–Crippen MR) is 136 cm³/mol. The van der Waals surface area contributed by atoms with E-state index >= 15 is 0 Å². The molecule has 0 saturated heterocycles. The Kier molecular flexibility index (Phi) is 6.92. The fourth-order valence-corrected chi connectivity index (χ4v) is 8.47. The lowest BCUT2D eigenvalue weighted by molar-refractivity contribution is -0.216. The van der Waals surface area contributed by atoms with Crippen molar-refractivity contribution in [2.24, 2.45) is 46.3 Å². The zero-order valence-corrected chi connectivity index (χ0v) is 22.5. The van der Waals surface area contributed by atoms with E-state index in [1.165, 1.54) is 31.8 Å². The highest BCUT2D eigenvalue weighted by Crippen LogP contribution is 2.67. The lowest BCUT2D eigenvalue weighted by atomic mass is 9.45. The second kappa shape index (κ2) is 9.07. The quantitative estimate of drug-likeness (QED) is 0.377. The van der Waals surface area contributed by atoms with Gasteiger partial charge in [0, 0.05) is 18.8 Å². The molecule has 0 aliphatic heterocycles. The Labute approximate surface area is 207 Å². The fourth-order valence-electron chi connectivity index (χ4n) is 8.47. The van der Waals surface area contributed by atoms with E-state index in [9.17, 15) is 15.0 Å². The molecule has 34 heavy (non-hydrogen) atoms. The fraction of sp³-hybridized carbons (Fsp3) is 0.833. The third kappa shape index (κ3) is 4.01. The zero-order chi connectivity index (χ0) is 25.1. The number of carbonyl (C=O) groups excluding carboxylic acids is 1. The SMILES string of the molecule is CC(=O)O[C@H]1CC[C@]2(C)[C@H]3CC[C@]4(C)[C@@H]([C@H](C)C=C[C@H](C)C(C)C)CC[C@H]4C3=C[C@@H](O)[C@@]2(O)C1. The summed E-state index contributed by atoms with van der Waals surface area (Å²) in [4.78, 5) is 11.5. The molecule has 4 heteroatoms. The van der Waals surface area contributed by atoms with E-state index in [1.807, 2.05) is 6.08 Å². The number of ether oxygens (including phenoxy) is 1. The Balaban J connectivity index is 1.59. The second-order valence-electron chi connectivity index (χ2n) is 13.1. The number of carbonyl (C=O) groups is 1. The van der Waals surface area contributed by atoms with E-state index in [0.717, 1.165) is 19.3 Å². The van der Waals surface area contributed by atoms with Crippen LogP contribution in [-0.2, 0) is 9.53 Å². The molecule has 0 spiro atoms. The molecule has 10 atom stereocenters. The van der Waals surface area contributed by atoms with Crippen molar-refractivity contribution in [3.8, 4) is 0 Å². The average Bonchev–Trinajstić information content (AvgIpc) is 3.11. The monoisotopic (exact) mass is 472 g/mol. The molecule has 0 aromatic heterocycles. The summed E-state index contributed by atoms with van der Waals surface area (Å²) >= 11 is 0. The van der Waals surface area contributed by atoms with Gasteiger partial charge < -0.3 is 14.9 Å². The van der Waals surface area contributed by atoms with Gasteiger partial charge in [-0.3, -0.25) is 4.79 Å². The van der Waals surface area contributed by atoms with Crippen LogP contribution >= 0.6 is 0 Å². The molecular weight excluding hydrogens is 424 g/mol. The largest absolute Gasteiger partial charge is 0.462 e. The zero-order valence-electron chi connectivity index (χ0n) is 22.5. The number of rotatable bonds is 5. The van der Waals surface area contributed by atoms with E-state index in [1.54, 1.807) is 0 Å². The van der Waals surface area contributed by atoms with Crippen LogP contribution in [0.3, 0.4) is 0 Å². The Morgan fingerprint density at radius 2 is 1.76 bits per heavy atom. The maximum absolute atomic E-state index is 11.9. The van der Waals surface area contributed by atoms with Crippen LogP contribution in [0.1, 0.15) is 93.4 Å². The lowest BCUT2D eigenvalue weighted by Crippen LogP contribution is -2.65. The topological polar surface area (TPSA) is 66.8 Å². The standard InChI is InChI=1S/C30H48O4/c1-18(2)19(3)8-9-20(4)24-10-11-25-23-16-27(32)30(33)17-22(34-21(5)31)12-15-29(30,7)26(23)13-14-28(24,25)6/h8-9,16,18-20,22,24-27,32-33H,10-15,17H2,1-7H3/t19-,20+,22-,24+,25-,26-,27+,28+,29+,30-/m0/s1. The normalized spacial score (nSPS) is 45.8. The first-order valence-corrected chi connectivity index (χ1v) is 13.8. The summed E-state index contributed by atoms with van der Waals surface area (Å²) in [6, 6.07) is 0. The average molecular weight is 473 g/mol. The summed E-state index contributed by atoms with van der Waals surface area (Å²) in [6.07, 6.45) is 12.2. The minimum absolute atomic E-state index is 0.244. The van der Waals surface area contributed by atoms with Crippen molar-refractivity contribution in [2.45, 2.75) is 111 Å². The minimum Gasteiger partial charge on any atom is -0.462 e. The van der Waals surface area contributed by atoms with Crippen molar-refractivity contribution in [3.63, 3.8) is 0 Å². The second-order valence-corrected chi connectivity index (χ2v) is 13.1. The number of hydrogen-bond acceptors (Lipinski definition) is 4. The van der Waals surface area contributed by atoms with Crippen molar-refractivity contribution >= 4 is 5.97 Å². The van der Waals surface area contributed by atoms with Gasteiger partial charge in [-0.05, 0) is 79.4 Å². The first-order valence-electron chi connectivity index (χ1n) is 13.8. The van der Waals surface area contributed by atoms with Gasteiger partial charge in [-0.2, -0.15) is 0 Å². The van der Waals surface area contributed by atoms with Crippen LogP contribution < -0.4 is 0 Å². The maximum Gasteiger partial charge on any atom is 0.302 e. The van der Waals surface area contributed by atoms with Gasteiger partial charge in [0.25, 0.3) is 0 Å². The van der Waals surface area contributed by atoms with Crippen molar-refractivity contribution in [3.05, 3.63) is 23.8 Å². The van der Waals surface area contributed by atoms with Gasteiger partial charge >= 0.3 is 5.97 Å². The highest BCUT2D eigenvalue weighted by atomic mass is 16.5. The van der Waals surface area contributed by atoms with Gasteiger partial charge in [0.2, 0.25) is 0 Å². The number of hydrogen-bond donors (Lipinski definition) is 2. The predicted octanol–water partition coefficient (Wildman–Crippen LogP) is 6.07. The molecule has 0 radical (unpaired) electrons. The van der Waals surface area contributed by atoms with E-state index in [2.05, 4.69) is 53.7 Å². The van der Waals surface area contributed by atoms with Crippen molar-refractivity contribution in [1.29, 1.82) is 0 Å². The summed E-state index contributed by atoms with van der Waals surface area (Å²) in [7, 11) is 0. The molecule has 0 aromatic rings. The minimum atomic E-state index is -1.24. The third-order valence-electron chi connectivity index (χ3n) is 11.0. The summed E-state index contributed by atoms with van der Waals surface area (Å²) in [5, 5.41) is 23.2. The molecule has 0 amide bonds. The molecule has 0 unspecified atom stereocenters. The van der Waals surface area contributed by atoms with Crippen molar-refractivity contribution in [2.75, 3.05) is 0 Å². The first kappa shape index (κ1) is 25.9. The van der Waals surface area contributed by atoms with Gasteiger partial charge in [0.1, 0.15) is 17.8 Å². The van der Waals surface area contributed by atoms with Crippen molar-refractivity contribution < 1.29 is 19.7 Å². The molecule has 0 aromatic carbocycles. The van der Waals surface area contributed by atoms with Crippen LogP contribution in [0.25, 0.3) is 0 Å². The van der Waals surface area contributed by atoms with Crippen LogP contribution in [-0.4, -0.2) is 34.0 Å². The Bertz CT molecular complexity index is 845. The van der Waals surface area contributed by atoms with E-state index in [-0.39, 0.29) is 22.9 Å². The van der Waals surface area contributed by atoms with E-state index in [0.29, 0.717) is 41.9 Å². The van der Waals surface area contributed by atoms with Crippen molar-refractivity contribution in [1.82, 2.24) is 0 Å². The number of allylic oxidation sites excluding steroid dienone is 3. The molecule has 0 heterocycles. The number of aliphatic hydroxyl groups excluding tert-OH is 1. The Morgan fingerprint density at radius 1 is 1.06 bits per heavy atom. The summed E-state index contributed by atoms with van der Waals surface area (Å²) < 4.78 is 5.48.